The van der Waals surface area contributed by atoms with Crippen molar-refractivity contribution in [3.63, 3.8) is 0 Å². The molecule has 4 fully saturated rings. The Hall–Kier alpha value is -0.640. The third-order valence-corrected chi connectivity index (χ3v) is 10.7. The molecule has 2 saturated carbocycles. The second-order valence-electron chi connectivity index (χ2n) is 12.2. The van der Waals surface area contributed by atoms with Gasteiger partial charge < -0.3 is 15.2 Å². The van der Waals surface area contributed by atoms with Crippen LogP contribution in [0.5, 0.6) is 0 Å². The minimum absolute atomic E-state index is 0.110. The fourth-order valence-electron chi connectivity index (χ4n) is 9.08. The predicted octanol–water partition coefficient (Wildman–Crippen LogP) is 4.86. The average Bonchev–Trinajstić information content (AvgIpc) is 3.09. The van der Waals surface area contributed by atoms with Crippen molar-refractivity contribution in [3.8, 4) is 0 Å². The van der Waals surface area contributed by atoms with E-state index in [2.05, 4.69) is 39.1 Å². The molecule has 0 aromatic heterocycles. The molecule has 11 atom stereocenters. The Morgan fingerprint density at radius 2 is 2.00 bits per heavy atom. The van der Waals surface area contributed by atoms with E-state index in [4.69, 9.17) is 4.74 Å². The number of fused-ring (bicyclic) bond motifs is 7. The van der Waals surface area contributed by atoms with Crippen LogP contribution in [-0.4, -0.2) is 36.0 Å². The molecule has 0 unspecified atom stereocenters. The molecule has 30 heavy (non-hydrogen) atoms. The Kier molecular flexibility index (Phi) is 4.62. The molecule has 3 nitrogen and oxygen atoms in total. The first-order valence-electron chi connectivity index (χ1n) is 12.8. The van der Waals surface area contributed by atoms with E-state index in [1.165, 1.54) is 32.1 Å². The van der Waals surface area contributed by atoms with Crippen molar-refractivity contribution in [2.45, 2.75) is 97.0 Å². The summed E-state index contributed by atoms with van der Waals surface area (Å²) >= 11 is 0. The van der Waals surface area contributed by atoms with Crippen molar-refractivity contribution in [3.05, 3.63) is 22.8 Å². The number of ether oxygens (including phenoxy) is 1. The number of aliphatic hydroxyl groups excluding tert-OH is 1. The largest absolute Gasteiger partial charge is 0.393 e. The summed E-state index contributed by atoms with van der Waals surface area (Å²) in [5.74, 6) is 4.30. The normalized spacial score (nSPS) is 55.0. The van der Waals surface area contributed by atoms with Crippen LogP contribution in [0.1, 0.15) is 72.6 Å². The van der Waals surface area contributed by atoms with Crippen LogP contribution in [0.4, 0.5) is 0 Å². The Morgan fingerprint density at radius 3 is 2.83 bits per heavy atom. The minimum atomic E-state index is -0.110. The number of allylic oxidation sites excluding steroid dienone is 2. The van der Waals surface area contributed by atoms with Gasteiger partial charge in [-0.05, 0) is 93.4 Å². The quantitative estimate of drug-likeness (QED) is 0.560. The molecule has 0 spiro atoms. The third kappa shape index (κ3) is 2.74. The Morgan fingerprint density at radius 1 is 1.17 bits per heavy atom. The summed E-state index contributed by atoms with van der Waals surface area (Å²) in [5.41, 5.74) is 5.39. The average molecular weight is 412 g/mol. The van der Waals surface area contributed by atoms with Gasteiger partial charge in [0.15, 0.2) is 0 Å². The van der Waals surface area contributed by atoms with Crippen LogP contribution < -0.4 is 5.32 Å². The second kappa shape index (κ2) is 6.93. The van der Waals surface area contributed by atoms with Crippen molar-refractivity contribution in [1.29, 1.82) is 0 Å². The van der Waals surface area contributed by atoms with E-state index in [0.29, 0.717) is 35.5 Å². The Labute approximate surface area is 182 Å². The van der Waals surface area contributed by atoms with Crippen LogP contribution in [0.3, 0.4) is 0 Å². The summed E-state index contributed by atoms with van der Waals surface area (Å²) in [5, 5.41) is 14.1. The summed E-state index contributed by atoms with van der Waals surface area (Å²) in [6.07, 6.45) is 11.3. The molecule has 0 aromatic rings. The van der Waals surface area contributed by atoms with Crippen molar-refractivity contribution in [2.75, 3.05) is 6.54 Å². The van der Waals surface area contributed by atoms with Crippen LogP contribution >= 0.6 is 0 Å². The molecule has 0 radical (unpaired) electrons. The molecule has 2 N–H and O–H groups in total. The van der Waals surface area contributed by atoms with Crippen LogP contribution in [-0.2, 0) is 4.74 Å². The summed E-state index contributed by atoms with van der Waals surface area (Å²) < 4.78 is 6.89. The lowest BCUT2D eigenvalue weighted by molar-refractivity contribution is -0.143. The molecule has 2 aliphatic heterocycles. The van der Waals surface area contributed by atoms with Crippen molar-refractivity contribution in [2.24, 2.45) is 40.9 Å². The van der Waals surface area contributed by atoms with Gasteiger partial charge in [0, 0.05) is 12.0 Å². The molecule has 2 heterocycles. The van der Waals surface area contributed by atoms with Gasteiger partial charge in [-0.1, -0.05) is 43.6 Å². The van der Waals surface area contributed by atoms with Crippen LogP contribution in [0, 0.1) is 40.9 Å². The first-order valence-corrected chi connectivity index (χ1v) is 12.8. The molecule has 0 aromatic carbocycles. The topological polar surface area (TPSA) is 41.5 Å². The van der Waals surface area contributed by atoms with Gasteiger partial charge in [0.25, 0.3) is 0 Å². The number of nitrogens with one attached hydrogen (secondary N) is 1. The highest BCUT2D eigenvalue weighted by atomic mass is 16.5. The predicted molar refractivity (Wildman–Crippen MR) is 120 cm³/mol. The summed E-state index contributed by atoms with van der Waals surface area (Å²) in [4.78, 5) is 0. The van der Waals surface area contributed by atoms with Gasteiger partial charge >= 0.3 is 0 Å². The SMILES string of the molecule is CC1=C2C[C@@H]3[C@H](CC=C4C[C@H](O)CC[C@]43C)[C@H]2C[C@@H]2O[C@H]3C[C@@H](C)CN[C@@H]3[C@H](C)[C@H]12. The highest BCUT2D eigenvalue weighted by molar-refractivity contribution is 5.35. The molecule has 0 bridgehead atoms. The molecule has 4 aliphatic carbocycles. The minimum Gasteiger partial charge on any atom is -0.393 e. The third-order valence-electron chi connectivity index (χ3n) is 10.7. The maximum atomic E-state index is 10.3. The first kappa shape index (κ1) is 20.0. The van der Waals surface area contributed by atoms with Crippen molar-refractivity contribution < 1.29 is 9.84 Å². The second-order valence-corrected chi connectivity index (χ2v) is 12.2. The first-order chi connectivity index (χ1) is 14.4. The standard InChI is InChI=1S/C27H41NO2/c1-14-9-24-26(28-13-14)16(3)25-15(2)20-11-22-19(21(20)12-23(25)30-24)6-5-17-10-18(29)7-8-27(17,22)4/h5,14,16,18-19,21-26,28-29H,6-13H2,1-4H3/t14-,16-,18-,19-,21-,22-,23+,24+,25+,26-,27-/m1/s1. The van der Waals surface area contributed by atoms with E-state index in [-0.39, 0.29) is 6.10 Å². The lowest BCUT2D eigenvalue weighted by Gasteiger charge is -2.53. The molecule has 2 saturated heterocycles. The van der Waals surface area contributed by atoms with E-state index in [1.54, 1.807) is 11.1 Å². The van der Waals surface area contributed by atoms with E-state index in [1.807, 2.05) is 5.57 Å². The van der Waals surface area contributed by atoms with Gasteiger partial charge in [0.05, 0.1) is 18.3 Å². The van der Waals surface area contributed by atoms with Gasteiger partial charge in [-0.3, -0.25) is 0 Å². The van der Waals surface area contributed by atoms with Crippen molar-refractivity contribution in [1.82, 2.24) is 5.32 Å². The van der Waals surface area contributed by atoms with Gasteiger partial charge in [-0.15, -0.1) is 0 Å². The van der Waals surface area contributed by atoms with Crippen LogP contribution in [0.2, 0.25) is 0 Å². The molecule has 3 heteroatoms. The zero-order chi connectivity index (χ0) is 20.8. The molecule has 0 amide bonds. The molecule has 6 rings (SSSR count). The molecule has 166 valence electrons. The van der Waals surface area contributed by atoms with Gasteiger partial charge in [-0.2, -0.15) is 0 Å². The Balaban J connectivity index is 1.32. The fraction of sp³-hybridized carbons (Fsp3) is 0.852. The maximum absolute atomic E-state index is 10.3. The number of rotatable bonds is 0. The summed E-state index contributed by atoms with van der Waals surface area (Å²) in [6.45, 7) is 11.0. The zero-order valence-electron chi connectivity index (χ0n) is 19.4. The molecule has 6 aliphatic rings. The number of hydrogen-bond donors (Lipinski definition) is 2. The number of aliphatic hydroxyl groups is 1. The zero-order valence-corrected chi connectivity index (χ0v) is 19.4. The monoisotopic (exact) mass is 411 g/mol. The molecular weight excluding hydrogens is 370 g/mol. The van der Waals surface area contributed by atoms with E-state index >= 15 is 0 Å². The molecular formula is C27H41NO2. The number of hydrogen-bond acceptors (Lipinski definition) is 3. The fourth-order valence-corrected chi connectivity index (χ4v) is 9.08. The number of piperidine rings is 1. The van der Waals surface area contributed by atoms with E-state index < -0.39 is 0 Å². The lowest BCUT2D eigenvalue weighted by Crippen LogP contribution is -2.61. The smallest absolute Gasteiger partial charge is 0.0737 e. The van der Waals surface area contributed by atoms with Crippen molar-refractivity contribution >= 4 is 0 Å². The van der Waals surface area contributed by atoms with Gasteiger partial charge in [0.1, 0.15) is 0 Å². The van der Waals surface area contributed by atoms with E-state index in [0.717, 1.165) is 43.1 Å². The highest BCUT2D eigenvalue weighted by Gasteiger charge is 2.57. The van der Waals surface area contributed by atoms with Crippen LogP contribution in [0.25, 0.3) is 0 Å². The van der Waals surface area contributed by atoms with Crippen LogP contribution in [0.15, 0.2) is 22.8 Å². The Bertz CT molecular complexity index is 786. The lowest BCUT2D eigenvalue weighted by atomic mass is 9.56. The van der Waals surface area contributed by atoms with E-state index in [9.17, 15) is 5.11 Å². The van der Waals surface area contributed by atoms with Gasteiger partial charge in [-0.25, -0.2) is 0 Å². The summed E-state index contributed by atoms with van der Waals surface area (Å²) in [7, 11) is 0. The maximum Gasteiger partial charge on any atom is 0.0737 e. The van der Waals surface area contributed by atoms with Gasteiger partial charge in [0.2, 0.25) is 0 Å². The highest BCUT2D eigenvalue weighted by Crippen LogP contribution is 2.64. The summed E-state index contributed by atoms with van der Waals surface area (Å²) in [6, 6.07) is 0.531.